The highest BCUT2D eigenvalue weighted by molar-refractivity contribution is 5.67. The first-order chi connectivity index (χ1) is 41.3. The van der Waals surface area contributed by atoms with Crippen molar-refractivity contribution in [1.82, 2.24) is 59.1 Å². The molecule has 6 heterocycles. The standard InChI is InChI=1S/C33H35N7O4.C32H35N7O2/c1-38(2)15-16-43-33(42)39-13-11-24(12-14-39)23-44-29-20-35-32(36-21-29)28-8-4-6-26(18-28)22-40-31(41)10-9-30(37-40)27-7-3-5-25(17-27)19-34;1-37(2)15-16-38-13-11-24(12-14-38)23-41-29-20-34-32(35-21-29)28-8-4-6-26(18-28)22-39-31(40)10-9-30(36-39)27-7-3-5-25(17-27)19-33/h3-10,17-18,20-21,24H,11-16,22-23H2,1-2H3;3-10,17-18,20-21,24H,11-16,22-23H2,1-2H3. The Labute approximate surface area is 495 Å². The summed E-state index contributed by atoms with van der Waals surface area (Å²) in [6.45, 7) is 8.63. The molecule has 0 radical (unpaired) electrons. The third-order valence-electron chi connectivity index (χ3n) is 14.8. The van der Waals surface area contributed by atoms with Gasteiger partial charge in [0.2, 0.25) is 0 Å². The zero-order valence-electron chi connectivity index (χ0n) is 48.5. The molecule has 2 aliphatic heterocycles. The molecule has 436 valence electrons. The maximum atomic E-state index is 12.6. The number of nitrogens with zero attached hydrogens (tertiary/aromatic N) is 14. The summed E-state index contributed by atoms with van der Waals surface area (Å²) < 4.78 is 20.2. The number of carbonyl (C=O) groups excluding carboxylic acids is 1. The molecule has 20 nitrogen and oxygen atoms in total. The number of hydrogen-bond acceptors (Lipinski definition) is 17. The highest BCUT2D eigenvalue weighted by Crippen LogP contribution is 2.25. The van der Waals surface area contributed by atoms with Crippen molar-refractivity contribution in [1.29, 1.82) is 10.5 Å². The van der Waals surface area contributed by atoms with Crippen molar-refractivity contribution in [2.75, 3.05) is 93.8 Å². The molecule has 4 aromatic carbocycles. The van der Waals surface area contributed by atoms with Gasteiger partial charge in [0, 0.05) is 67.1 Å². The molecule has 0 unspecified atom stereocenters. The lowest BCUT2D eigenvalue weighted by Gasteiger charge is -2.32. The van der Waals surface area contributed by atoms with Crippen molar-refractivity contribution >= 4 is 6.09 Å². The second-order valence-electron chi connectivity index (χ2n) is 21.8. The van der Waals surface area contributed by atoms with Crippen LogP contribution < -0.4 is 20.6 Å². The molecule has 1 amide bonds. The number of carbonyl (C=O) groups is 1. The number of aromatic nitrogens is 8. The molecule has 10 rings (SSSR count). The van der Waals surface area contributed by atoms with E-state index in [-0.39, 0.29) is 23.8 Å². The van der Waals surface area contributed by atoms with Gasteiger partial charge in [0.05, 0.1) is 85.7 Å². The first-order valence-electron chi connectivity index (χ1n) is 28.5. The van der Waals surface area contributed by atoms with Gasteiger partial charge in [0.25, 0.3) is 11.1 Å². The average Bonchev–Trinajstić information content (AvgIpc) is 3.71. The van der Waals surface area contributed by atoms with Crippen LogP contribution in [0, 0.1) is 34.5 Å². The minimum atomic E-state index is -0.251. The van der Waals surface area contributed by atoms with E-state index >= 15 is 0 Å². The van der Waals surface area contributed by atoms with E-state index in [1.54, 1.807) is 72.2 Å². The van der Waals surface area contributed by atoms with Gasteiger partial charge in [0.15, 0.2) is 23.1 Å². The van der Waals surface area contributed by atoms with Crippen LogP contribution in [-0.4, -0.2) is 159 Å². The predicted octanol–water partition coefficient (Wildman–Crippen LogP) is 8.02. The third-order valence-corrected chi connectivity index (χ3v) is 14.8. The number of ether oxygens (including phenoxy) is 3. The molecular weight excluding hydrogens is 1070 g/mol. The molecule has 8 aromatic rings. The lowest BCUT2D eigenvalue weighted by molar-refractivity contribution is 0.0765. The molecular formula is C65H70N14O6. The van der Waals surface area contributed by atoms with Gasteiger partial charge in [-0.2, -0.15) is 20.7 Å². The smallest absolute Gasteiger partial charge is 0.409 e. The monoisotopic (exact) mass is 1140 g/mol. The molecule has 2 aliphatic rings. The Kier molecular flexibility index (Phi) is 21.0. The van der Waals surface area contributed by atoms with Crippen LogP contribution in [0.2, 0.25) is 0 Å². The van der Waals surface area contributed by atoms with Gasteiger partial charge in [-0.3, -0.25) is 9.59 Å². The van der Waals surface area contributed by atoms with E-state index < -0.39 is 0 Å². The van der Waals surface area contributed by atoms with Gasteiger partial charge in [-0.25, -0.2) is 34.1 Å². The molecule has 4 aromatic heterocycles. The summed E-state index contributed by atoms with van der Waals surface area (Å²) >= 11 is 0. The van der Waals surface area contributed by atoms with Crippen LogP contribution in [0.4, 0.5) is 4.79 Å². The lowest BCUT2D eigenvalue weighted by Crippen LogP contribution is -2.40. The van der Waals surface area contributed by atoms with Gasteiger partial charge < -0.3 is 33.8 Å². The normalized spacial score (nSPS) is 13.8. The highest BCUT2D eigenvalue weighted by Gasteiger charge is 2.25. The Morgan fingerprint density at radius 1 is 0.553 bits per heavy atom. The Morgan fingerprint density at radius 2 is 0.988 bits per heavy atom. The number of nitriles is 2. The van der Waals surface area contributed by atoms with Crippen LogP contribution in [0.5, 0.6) is 11.5 Å². The van der Waals surface area contributed by atoms with Crippen LogP contribution in [0.15, 0.2) is 156 Å². The summed E-state index contributed by atoms with van der Waals surface area (Å²) in [4.78, 5) is 64.0. The first-order valence-corrected chi connectivity index (χ1v) is 28.5. The molecule has 0 N–H and O–H groups in total. The van der Waals surface area contributed by atoms with Crippen molar-refractivity contribution in [2.45, 2.75) is 38.8 Å². The van der Waals surface area contributed by atoms with Crippen LogP contribution >= 0.6 is 0 Å². The number of likely N-dealkylation sites (tertiary alicyclic amines) is 2. The molecule has 85 heavy (non-hydrogen) atoms. The minimum absolute atomic E-state index is 0.201. The van der Waals surface area contributed by atoms with E-state index in [1.165, 1.54) is 21.5 Å². The Morgan fingerprint density at radius 3 is 1.44 bits per heavy atom. The summed E-state index contributed by atoms with van der Waals surface area (Å²) in [5, 5.41) is 27.5. The van der Waals surface area contributed by atoms with Crippen molar-refractivity contribution in [3.05, 3.63) is 189 Å². The number of benzene rings is 4. The van der Waals surface area contributed by atoms with E-state index in [4.69, 9.17) is 14.2 Å². The molecule has 0 atom stereocenters. The van der Waals surface area contributed by atoms with E-state index in [1.807, 2.05) is 85.7 Å². The zero-order valence-corrected chi connectivity index (χ0v) is 48.5. The summed E-state index contributed by atoms with van der Waals surface area (Å²) in [6, 6.07) is 40.4. The fourth-order valence-electron chi connectivity index (χ4n) is 9.81. The van der Waals surface area contributed by atoms with Crippen LogP contribution in [0.25, 0.3) is 45.3 Å². The highest BCUT2D eigenvalue weighted by atomic mass is 16.6. The minimum Gasteiger partial charge on any atom is -0.490 e. The quantitative estimate of drug-likeness (QED) is 0.0704. The molecule has 0 aliphatic carbocycles. The van der Waals surface area contributed by atoms with Crippen molar-refractivity contribution in [2.24, 2.45) is 11.8 Å². The summed E-state index contributed by atoms with van der Waals surface area (Å²) in [5.41, 5.74) is 6.88. The predicted molar refractivity (Wildman–Crippen MR) is 323 cm³/mol. The van der Waals surface area contributed by atoms with Gasteiger partial charge in [0.1, 0.15) is 6.61 Å². The van der Waals surface area contributed by atoms with Gasteiger partial charge >= 0.3 is 6.09 Å². The Bertz CT molecular complexity index is 3710. The van der Waals surface area contributed by atoms with Crippen LogP contribution in [0.1, 0.15) is 47.9 Å². The van der Waals surface area contributed by atoms with Crippen molar-refractivity contribution in [3.8, 4) is 68.9 Å². The second-order valence-corrected chi connectivity index (χ2v) is 21.8. The summed E-state index contributed by atoms with van der Waals surface area (Å²) in [5.74, 6) is 3.28. The van der Waals surface area contributed by atoms with Gasteiger partial charge in [-0.1, -0.05) is 60.7 Å². The molecule has 2 fully saturated rings. The Hall–Kier alpha value is -9.47. The SMILES string of the molecule is CN(C)CCN1CCC(COc2cnc(-c3cccc(Cn4nc(-c5cccc(C#N)c5)ccc4=O)c3)nc2)CC1.CN(C)CCOC(=O)N1CCC(COc2cnc(-c3cccc(Cn4nc(-c5cccc(C#N)c5)ccc4=O)c3)nc2)CC1. The average molecular weight is 1140 g/mol. The van der Waals surface area contributed by atoms with E-state index in [2.05, 4.69) is 66.2 Å². The van der Waals surface area contributed by atoms with Crippen LogP contribution in [-0.2, 0) is 17.8 Å². The molecule has 0 saturated carbocycles. The summed E-state index contributed by atoms with van der Waals surface area (Å²) in [7, 11) is 8.12. The van der Waals surface area contributed by atoms with E-state index in [9.17, 15) is 24.9 Å². The largest absolute Gasteiger partial charge is 0.490 e. The number of hydrogen-bond donors (Lipinski definition) is 0. The third kappa shape index (κ3) is 17.5. The van der Waals surface area contributed by atoms with Crippen LogP contribution in [0.3, 0.4) is 0 Å². The van der Waals surface area contributed by atoms with E-state index in [0.29, 0.717) is 103 Å². The number of likely N-dealkylation sites (N-methyl/N-ethyl adjacent to an activating group) is 2. The maximum absolute atomic E-state index is 12.6. The summed E-state index contributed by atoms with van der Waals surface area (Å²) in [6.07, 6.45) is 10.5. The lowest BCUT2D eigenvalue weighted by atomic mass is 9.98. The first kappa shape index (κ1) is 60.1. The van der Waals surface area contributed by atoms with Gasteiger partial charge in [-0.15, -0.1) is 0 Å². The van der Waals surface area contributed by atoms with E-state index in [0.717, 1.165) is 85.2 Å². The Balaban J connectivity index is 0.000000204. The molecule has 0 spiro atoms. The number of piperidine rings is 2. The van der Waals surface area contributed by atoms with Crippen molar-refractivity contribution in [3.63, 3.8) is 0 Å². The zero-order chi connectivity index (χ0) is 59.5. The molecule has 20 heteroatoms. The second kappa shape index (κ2) is 29.7. The topological polar surface area (TPSA) is 227 Å². The fourth-order valence-corrected chi connectivity index (χ4v) is 9.81. The maximum Gasteiger partial charge on any atom is 0.409 e. The van der Waals surface area contributed by atoms with Crippen molar-refractivity contribution < 1.29 is 19.0 Å². The van der Waals surface area contributed by atoms with Gasteiger partial charge in [-0.05, 0) is 138 Å². The molecule has 0 bridgehead atoms. The number of rotatable bonds is 20. The molecule has 2 saturated heterocycles. The fraction of sp³-hybridized carbons (Fsp3) is 0.338. The number of amides is 1.